The molecule has 0 atom stereocenters. The van der Waals surface area contributed by atoms with Crippen molar-refractivity contribution < 1.29 is 9.90 Å². The first-order valence-corrected chi connectivity index (χ1v) is 7.11. The van der Waals surface area contributed by atoms with Crippen molar-refractivity contribution >= 4 is 27.8 Å². The molecule has 3 heteroatoms. The maximum absolute atomic E-state index is 11.7. The van der Waals surface area contributed by atoms with Gasteiger partial charge in [-0.15, -0.1) is 0 Å². The summed E-state index contributed by atoms with van der Waals surface area (Å²) in [6.45, 7) is 4.18. The largest absolute Gasteiger partial charge is 0.478 e. The highest BCUT2D eigenvalue weighted by Crippen LogP contribution is 2.26. The summed E-state index contributed by atoms with van der Waals surface area (Å²) < 4.78 is 0. The van der Waals surface area contributed by atoms with Crippen LogP contribution in [0.15, 0.2) is 42.5 Å². The number of aromatic nitrogens is 1. The lowest BCUT2D eigenvalue weighted by atomic mass is 9.94. The summed E-state index contributed by atoms with van der Waals surface area (Å²) in [4.78, 5) is 16.3. The van der Waals surface area contributed by atoms with Crippen molar-refractivity contribution in [2.45, 2.75) is 20.3 Å². The Kier molecular flexibility index (Phi) is 3.34. The van der Waals surface area contributed by atoms with Crippen LogP contribution in [0, 0.1) is 5.92 Å². The summed E-state index contributed by atoms with van der Waals surface area (Å²) in [5.41, 5.74) is 2.89. The highest BCUT2D eigenvalue weighted by molar-refractivity contribution is 6.07. The zero-order valence-corrected chi connectivity index (χ0v) is 12.1. The van der Waals surface area contributed by atoms with Crippen LogP contribution in [0.2, 0.25) is 0 Å². The second-order valence-corrected chi connectivity index (χ2v) is 5.75. The minimum atomic E-state index is -0.881. The third-order valence-electron chi connectivity index (χ3n) is 3.63. The quantitative estimate of drug-likeness (QED) is 0.728. The zero-order valence-electron chi connectivity index (χ0n) is 12.1. The molecule has 0 aliphatic heterocycles. The van der Waals surface area contributed by atoms with Gasteiger partial charge in [0.1, 0.15) is 0 Å². The van der Waals surface area contributed by atoms with Crippen molar-refractivity contribution in [3.8, 4) is 0 Å². The molecule has 106 valence electrons. The van der Waals surface area contributed by atoms with E-state index in [9.17, 15) is 9.90 Å². The van der Waals surface area contributed by atoms with Gasteiger partial charge in [-0.3, -0.25) is 0 Å². The van der Waals surface area contributed by atoms with Crippen LogP contribution in [0.25, 0.3) is 21.8 Å². The third-order valence-corrected chi connectivity index (χ3v) is 3.63. The molecular weight excluding hydrogens is 262 g/mol. The molecule has 0 saturated carbocycles. The molecule has 3 aromatic rings. The lowest BCUT2D eigenvalue weighted by Crippen LogP contribution is -2.06. The number of carbonyl (C=O) groups is 1. The molecule has 0 fully saturated rings. The topological polar surface area (TPSA) is 50.2 Å². The number of nitrogens with zero attached hydrogens (tertiary/aromatic N) is 1. The highest BCUT2D eigenvalue weighted by Gasteiger charge is 2.16. The molecule has 0 aliphatic rings. The molecule has 1 aromatic heterocycles. The van der Waals surface area contributed by atoms with Crippen molar-refractivity contribution in [1.29, 1.82) is 0 Å². The molecule has 3 nitrogen and oxygen atoms in total. The van der Waals surface area contributed by atoms with Gasteiger partial charge in [0, 0.05) is 10.8 Å². The molecule has 1 N–H and O–H groups in total. The monoisotopic (exact) mass is 279 g/mol. The van der Waals surface area contributed by atoms with Crippen LogP contribution < -0.4 is 0 Å². The second kappa shape index (κ2) is 5.17. The van der Waals surface area contributed by atoms with Gasteiger partial charge in [0.25, 0.3) is 0 Å². The molecule has 0 spiro atoms. The molecule has 0 unspecified atom stereocenters. The predicted molar refractivity (Wildman–Crippen MR) is 84.8 cm³/mol. The number of carboxylic acids is 1. The predicted octanol–water partition coefficient (Wildman–Crippen LogP) is 4.28. The number of aromatic carboxylic acids is 1. The Morgan fingerprint density at radius 2 is 1.90 bits per heavy atom. The van der Waals surface area contributed by atoms with Crippen LogP contribution in [0.3, 0.4) is 0 Å². The highest BCUT2D eigenvalue weighted by atomic mass is 16.4. The van der Waals surface area contributed by atoms with Gasteiger partial charge in [0.05, 0.1) is 16.6 Å². The number of benzene rings is 2. The lowest BCUT2D eigenvalue weighted by Gasteiger charge is -2.12. The Morgan fingerprint density at radius 1 is 1.14 bits per heavy atom. The van der Waals surface area contributed by atoms with E-state index >= 15 is 0 Å². The zero-order chi connectivity index (χ0) is 15.0. The van der Waals surface area contributed by atoms with E-state index in [1.165, 1.54) is 0 Å². The maximum atomic E-state index is 11.7. The maximum Gasteiger partial charge on any atom is 0.336 e. The summed E-state index contributed by atoms with van der Waals surface area (Å²) >= 11 is 0. The van der Waals surface area contributed by atoms with Gasteiger partial charge >= 0.3 is 5.97 Å². The summed E-state index contributed by atoms with van der Waals surface area (Å²) in [5, 5.41) is 11.3. The van der Waals surface area contributed by atoms with E-state index in [-0.39, 0.29) is 0 Å². The summed E-state index contributed by atoms with van der Waals surface area (Å²) in [6.07, 6.45) is 0.754. The van der Waals surface area contributed by atoms with Gasteiger partial charge in [-0.1, -0.05) is 38.1 Å². The Hall–Kier alpha value is -2.42. The first-order valence-electron chi connectivity index (χ1n) is 7.11. The molecular formula is C18H17NO2. The number of carboxylic acid groups (broad SMARTS) is 1. The fourth-order valence-corrected chi connectivity index (χ4v) is 2.76. The van der Waals surface area contributed by atoms with Gasteiger partial charge in [0.15, 0.2) is 0 Å². The molecule has 0 amide bonds. The number of para-hydroxylation sites is 1. The van der Waals surface area contributed by atoms with E-state index in [1.54, 1.807) is 0 Å². The van der Waals surface area contributed by atoms with E-state index in [2.05, 4.69) is 18.8 Å². The lowest BCUT2D eigenvalue weighted by molar-refractivity contribution is 0.0697. The molecule has 3 rings (SSSR count). The summed E-state index contributed by atoms with van der Waals surface area (Å²) in [5.74, 6) is -0.470. The van der Waals surface area contributed by atoms with Crippen LogP contribution in [0.1, 0.15) is 29.8 Å². The fourth-order valence-electron chi connectivity index (χ4n) is 2.76. The van der Waals surface area contributed by atoms with Crippen LogP contribution in [0.4, 0.5) is 0 Å². The Labute approximate surface area is 123 Å². The number of hydrogen-bond acceptors (Lipinski definition) is 2. The van der Waals surface area contributed by atoms with Gasteiger partial charge in [0.2, 0.25) is 0 Å². The normalized spacial score (nSPS) is 11.4. The molecule has 2 aromatic carbocycles. The van der Waals surface area contributed by atoms with E-state index in [0.717, 1.165) is 33.8 Å². The Balaban J connectivity index is 2.35. The first-order chi connectivity index (χ1) is 10.1. The van der Waals surface area contributed by atoms with E-state index in [4.69, 9.17) is 0 Å². The second-order valence-electron chi connectivity index (χ2n) is 5.75. The van der Waals surface area contributed by atoms with Crippen molar-refractivity contribution in [2.75, 3.05) is 0 Å². The average Bonchev–Trinajstić information content (AvgIpc) is 2.44. The minimum Gasteiger partial charge on any atom is -0.478 e. The molecule has 0 saturated heterocycles. The van der Waals surface area contributed by atoms with Crippen LogP contribution in [0.5, 0.6) is 0 Å². The Bertz CT molecular complexity index is 837. The molecule has 0 aliphatic carbocycles. The molecule has 0 bridgehead atoms. The number of fused-ring (bicyclic) bond motifs is 2. The summed E-state index contributed by atoms with van der Waals surface area (Å²) in [7, 11) is 0. The van der Waals surface area contributed by atoms with Gasteiger partial charge < -0.3 is 5.11 Å². The average molecular weight is 279 g/mol. The first kappa shape index (κ1) is 13.6. The minimum absolute atomic E-state index is 0.388. The third kappa shape index (κ3) is 2.47. The van der Waals surface area contributed by atoms with E-state index in [0.29, 0.717) is 11.5 Å². The van der Waals surface area contributed by atoms with Gasteiger partial charge in [-0.05, 0) is 36.1 Å². The molecule has 1 heterocycles. The van der Waals surface area contributed by atoms with Gasteiger partial charge in [-0.25, -0.2) is 9.78 Å². The molecule has 0 radical (unpaired) electrons. The van der Waals surface area contributed by atoms with Crippen LogP contribution in [-0.2, 0) is 6.42 Å². The summed E-state index contributed by atoms with van der Waals surface area (Å²) in [6, 6.07) is 13.5. The fraction of sp³-hybridized carbons (Fsp3) is 0.222. The van der Waals surface area contributed by atoms with Crippen molar-refractivity contribution in [3.05, 3.63) is 53.6 Å². The van der Waals surface area contributed by atoms with Crippen molar-refractivity contribution in [1.82, 2.24) is 4.98 Å². The SMILES string of the molecule is CC(C)Cc1ccc2nc3ccccc3cc2c1C(=O)O. The number of rotatable bonds is 3. The number of pyridine rings is 1. The standard InChI is InChI=1S/C18H17NO2/c1-11(2)9-13-7-8-16-14(17(13)18(20)21)10-12-5-3-4-6-15(12)19-16/h3-8,10-11H,9H2,1-2H3,(H,20,21). The van der Waals surface area contributed by atoms with Crippen LogP contribution >= 0.6 is 0 Å². The van der Waals surface area contributed by atoms with Gasteiger partial charge in [-0.2, -0.15) is 0 Å². The Morgan fingerprint density at radius 3 is 2.62 bits per heavy atom. The van der Waals surface area contributed by atoms with Crippen molar-refractivity contribution in [2.24, 2.45) is 5.92 Å². The smallest absolute Gasteiger partial charge is 0.336 e. The molecule has 21 heavy (non-hydrogen) atoms. The van der Waals surface area contributed by atoms with E-state index in [1.807, 2.05) is 42.5 Å². The van der Waals surface area contributed by atoms with Crippen molar-refractivity contribution in [3.63, 3.8) is 0 Å². The van der Waals surface area contributed by atoms with Crippen LogP contribution in [-0.4, -0.2) is 16.1 Å². The van der Waals surface area contributed by atoms with E-state index < -0.39 is 5.97 Å². The number of hydrogen-bond donors (Lipinski definition) is 1.